The predicted octanol–water partition coefficient (Wildman–Crippen LogP) is 3.77. The van der Waals surface area contributed by atoms with Gasteiger partial charge in [-0.15, -0.1) is 0 Å². The maximum Gasteiger partial charge on any atom is 0.289 e. The molecule has 1 heterocycles. The highest BCUT2D eigenvalue weighted by molar-refractivity contribution is 5.94. The van der Waals surface area contributed by atoms with E-state index in [0.29, 0.717) is 5.69 Å². The van der Waals surface area contributed by atoms with Gasteiger partial charge in [-0.3, -0.25) is 9.89 Å². The topological polar surface area (TPSA) is 70.1 Å². The van der Waals surface area contributed by atoms with E-state index in [2.05, 4.69) is 40.6 Å². The van der Waals surface area contributed by atoms with Crippen molar-refractivity contribution in [2.75, 3.05) is 0 Å². The zero-order valence-electron chi connectivity index (χ0n) is 14.5. The van der Waals surface area contributed by atoms with E-state index in [1.165, 1.54) is 11.1 Å². The number of carbonyl (C=O) groups excluding carboxylic acids is 1. The van der Waals surface area contributed by atoms with Gasteiger partial charge >= 0.3 is 0 Å². The fourth-order valence-electron chi connectivity index (χ4n) is 2.44. The van der Waals surface area contributed by atoms with E-state index in [0.717, 1.165) is 22.4 Å². The normalized spacial score (nSPS) is 11.0. The van der Waals surface area contributed by atoms with E-state index >= 15 is 0 Å². The van der Waals surface area contributed by atoms with Crippen molar-refractivity contribution in [3.8, 4) is 11.3 Å². The lowest BCUT2D eigenvalue weighted by molar-refractivity contribution is 0.0950. The number of aromatic amines is 1. The molecule has 5 nitrogen and oxygen atoms in total. The van der Waals surface area contributed by atoms with E-state index in [9.17, 15) is 4.79 Å². The first-order chi connectivity index (χ1) is 12.0. The summed E-state index contributed by atoms with van der Waals surface area (Å²) < 4.78 is 0. The first kappa shape index (κ1) is 16.6. The molecule has 0 aliphatic rings. The van der Waals surface area contributed by atoms with Crippen LogP contribution in [0.5, 0.6) is 0 Å². The zero-order chi connectivity index (χ0) is 17.8. The number of rotatable bonds is 4. The highest BCUT2D eigenvalue weighted by Gasteiger charge is 2.10. The van der Waals surface area contributed by atoms with Crippen molar-refractivity contribution in [1.82, 2.24) is 15.6 Å². The number of amides is 1. The molecule has 0 fully saturated rings. The SMILES string of the molecule is Cc1ccc(-c2cc(C(=O)NN=Cc3ccccc3C)[nH]n2)cc1C. The van der Waals surface area contributed by atoms with Crippen LogP contribution in [0.4, 0.5) is 0 Å². The molecule has 0 unspecified atom stereocenters. The summed E-state index contributed by atoms with van der Waals surface area (Å²) in [7, 11) is 0. The Morgan fingerprint density at radius 2 is 1.84 bits per heavy atom. The summed E-state index contributed by atoms with van der Waals surface area (Å²) >= 11 is 0. The number of nitrogens with one attached hydrogen (secondary N) is 2. The molecular formula is C20H20N4O. The van der Waals surface area contributed by atoms with Gasteiger partial charge in [0.1, 0.15) is 5.69 Å². The molecule has 0 radical (unpaired) electrons. The lowest BCUT2D eigenvalue weighted by Crippen LogP contribution is -2.18. The summed E-state index contributed by atoms with van der Waals surface area (Å²) in [6, 6.07) is 15.7. The number of benzene rings is 2. The Hall–Kier alpha value is -3.21. The van der Waals surface area contributed by atoms with Gasteiger partial charge in [-0.25, -0.2) is 5.43 Å². The number of nitrogens with zero attached hydrogens (tertiary/aromatic N) is 2. The monoisotopic (exact) mass is 332 g/mol. The zero-order valence-corrected chi connectivity index (χ0v) is 14.5. The number of aryl methyl sites for hydroxylation is 3. The van der Waals surface area contributed by atoms with Crippen LogP contribution in [0, 0.1) is 20.8 Å². The van der Waals surface area contributed by atoms with Crippen molar-refractivity contribution in [2.24, 2.45) is 5.10 Å². The average molecular weight is 332 g/mol. The number of carbonyl (C=O) groups is 1. The Bertz CT molecular complexity index is 940. The van der Waals surface area contributed by atoms with E-state index in [-0.39, 0.29) is 5.91 Å². The number of hydrogen-bond donors (Lipinski definition) is 2. The summed E-state index contributed by atoms with van der Waals surface area (Å²) in [5, 5.41) is 11.0. The minimum Gasteiger partial charge on any atom is -0.272 e. The van der Waals surface area contributed by atoms with Gasteiger partial charge in [0.05, 0.1) is 11.9 Å². The van der Waals surface area contributed by atoms with Crippen molar-refractivity contribution in [3.63, 3.8) is 0 Å². The predicted molar refractivity (Wildman–Crippen MR) is 99.7 cm³/mol. The van der Waals surface area contributed by atoms with Crippen LogP contribution >= 0.6 is 0 Å². The van der Waals surface area contributed by atoms with Crippen LogP contribution in [0.25, 0.3) is 11.3 Å². The van der Waals surface area contributed by atoms with Crippen LogP contribution in [-0.4, -0.2) is 22.3 Å². The van der Waals surface area contributed by atoms with Crippen molar-refractivity contribution in [3.05, 3.63) is 76.5 Å². The van der Waals surface area contributed by atoms with Crippen molar-refractivity contribution in [1.29, 1.82) is 0 Å². The van der Waals surface area contributed by atoms with Gasteiger partial charge in [0, 0.05) is 5.56 Å². The third kappa shape index (κ3) is 3.83. The summed E-state index contributed by atoms with van der Waals surface area (Å²) in [5.41, 5.74) is 9.07. The lowest BCUT2D eigenvalue weighted by atomic mass is 10.0. The second-order valence-corrected chi connectivity index (χ2v) is 6.02. The Morgan fingerprint density at radius 1 is 1.04 bits per heavy atom. The maximum absolute atomic E-state index is 12.2. The number of hydrazone groups is 1. The van der Waals surface area contributed by atoms with E-state index in [4.69, 9.17) is 0 Å². The fraction of sp³-hybridized carbons (Fsp3) is 0.150. The molecule has 0 spiro atoms. The molecule has 0 atom stereocenters. The molecule has 0 aliphatic heterocycles. The van der Waals surface area contributed by atoms with Crippen molar-refractivity contribution >= 4 is 12.1 Å². The highest BCUT2D eigenvalue weighted by atomic mass is 16.2. The first-order valence-electron chi connectivity index (χ1n) is 8.06. The highest BCUT2D eigenvalue weighted by Crippen LogP contribution is 2.20. The van der Waals surface area contributed by atoms with Crippen LogP contribution in [0.15, 0.2) is 53.6 Å². The average Bonchev–Trinajstić information content (AvgIpc) is 3.09. The summed E-state index contributed by atoms with van der Waals surface area (Å²) in [6.45, 7) is 6.11. The number of hydrogen-bond acceptors (Lipinski definition) is 3. The summed E-state index contributed by atoms with van der Waals surface area (Å²) in [5.74, 6) is -0.326. The van der Waals surface area contributed by atoms with E-state index in [1.54, 1.807) is 12.3 Å². The molecule has 2 N–H and O–H groups in total. The van der Waals surface area contributed by atoms with E-state index < -0.39 is 0 Å². The lowest BCUT2D eigenvalue weighted by Gasteiger charge is -2.01. The Kier molecular flexibility index (Phi) is 4.75. The van der Waals surface area contributed by atoms with Gasteiger partial charge in [-0.05, 0) is 55.2 Å². The third-order valence-electron chi connectivity index (χ3n) is 4.18. The summed E-state index contributed by atoms with van der Waals surface area (Å²) in [4.78, 5) is 12.2. The van der Waals surface area contributed by atoms with Crippen molar-refractivity contribution < 1.29 is 4.79 Å². The van der Waals surface area contributed by atoms with Crippen LogP contribution in [0.1, 0.15) is 32.7 Å². The van der Waals surface area contributed by atoms with Crippen LogP contribution in [-0.2, 0) is 0 Å². The Morgan fingerprint density at radius 3 is 2.60 bits per heavy atom. The molecule has 5 heteroatoms. The molecule has 1 aromatic heterocycles. The molecule has 3 aromatic rings. The largest absolute Gasteiger partial charge is 0.289 e. The van der Waals surface area contributed by atoms with Crippen LogP contribution in [0.3, 0.4) is 0 Å². The molecular weight excluding hydrogens is 312 g/mol. The van der Waals surface area contributed by atoms with E-state index in [1.807, 2.05) is 43.3 Å². The van der Waals surface area contributed by atoms with Gasteiger partial charge in [-0.2, -0.15) is 10.2 Å². The second kappa shape index (κ2) is 7.13. The molecule has 3 rings (SSSR count). The molecule has 1 amide bonds. The minimum atomic E-state index is -0.326. The van der Waals surface area contributed by atoms with Gasteiger partial charge in [0.15, 0.2) is 0 Å². The Balaban J connectivity index is 1.70. The van der Waals surface area contributed by atoms with Gasteiger partial charge in [0.25, 0.3) is 5.91 Å². The molecule has 0 saturated carbocycles. The molecule has 0 bridgehead atoms. The maximum atomic E-state index is 12.2. The van der Waals surface area contributed by atoms with Gasteiger partial charge in [-0.1, -0.05) is 36.4 Å². The molecule has 2 aromatic carbocycles. The molecule has 0 aliphatic carbocycles. The quantitative estimate of drug-likeness (QED) is 0.564. The number of H-pyrrole nitrogens is 1. The first-order valence-corrected chi connectivity index (χ1v) is 8.06. The molecule has 126 valence electrons. The molecule has 0 saturated heterocycles. The van der Waals surface area contributed by atoms with Crippen LogP contribution < -0.4 is 5.43 Å². The number of aromatic nitrogens is 2. The van der Waals surface area contributed by atoms with Gasteiger partial charge < -0.3 is 0 Å². The van der Waals surface area contributed by atoms with Crippen LogP contribution in [0.2, 0.25) is 0 Å². The smallest absolute Gasteiger partial charge is 0.272 e. The Labute approximate surface area is 146 Å². The van der Waals surface area contributed by atoms with Crippen molar-refractivity contribution in [2.45, 2.75) is 20.8 Å². The summed E-state index contributed by atoms with van der Waals surface area (Å²) in [6.07, 6.45) is 1.63. The standard InChI is InChI=1S/C20H20N4O/c1-13-8-9-16(10-15(13)3)18-11-19(23-22-18)20(25)24-21-12-17-7-5-4-6-14(17)2/h4-12H,1-3H3,(H,22,23)(H,24,25). The minimum absolute atomic E-state index is 0.326. The van der Waals surface area contributed by atoms with Gasteiger partial charge in [0.2, 0.25) is 0 Å². The molecule has 25 heavy (non-hydrogen) atoms. The third-order valence-corrected chi connectivity index (χ3v) is 4.18. The fourth-order valence-corrected chi connectivity index (χ4v) is 2.44. The second-order valence-electron chi connectivity index (χ2n) is 6.02.